The van der Waals surface area contributed by atoms with Crippen LogP contribution in [-0.4, -0.2) is 44.6 Å². The fraction of sp³-hybridized carbons (Fsp3) is 0.435. The monoisotopic (exact) mass is 384 g/mol. The van der Waals surface area contributed by atoms with Crippen LogP contribution in [-0.2, 0) is 11.3 Å². The number of rotatable bonds is 7. The van der Waals surface area contributed by atoms with Crippen molar-refractivity contribution in [1.29, 1.82) is 0 Å². The highest BCUT2D eigenvalue weighted by Gasteiger charge is 2.23. The summed E-state index contributed by atoms with van der Waals surface area (Å²) in [7, 11) is 3.96. The summed E-state index contributed by atoms with van der Waals surface area (Å²) in [5, 5.41) is 0. The zero-order valence-electron chi connectivity index (χ0n) is 16.7. The van der Waals surface area contributed by atoms with Crippen molar-refractivity contribution in [3.63, 3.8) is 0 Å². The third-order valence-corrected chi connectivity index (χ3v) is 5.36. The highest BCUT2D eigenvalue weighted by molar-refractivity contribution is 5.95. The second-order valence-corrected chi connectivity index (χ2v) is 7.65. The number of halogens is 1. The van der Waals surface area contributed by atoms with Crippen molar-refractivity contribution in [2.24, 2.45) is 5.92 Å². The molecule has 2 aromatic rings. The molecule has 0 unspecified atom stereocenters. The van der Waals surface area contributed by atoms with Gasteiger partial charge in [-0.25, -0.2) is 4.39 Å². The van der Waals surface area contributed by atoms with Gasteiger partial charge in [0.05, 0.1) is 6.61 Å². The Morgan fingerprint density at radius 2 is 1.86 bits per heavy atom. The van der Waals surface area contributed by atoms with Crippen molar-refractivity contribution in [2.45, 2.75) is 25.9 Å². The molecule has 0 radical (unpaired) electrons. The number of carbonyl (C=O) groups is 1. The molecule has 0 atom stereocenters. The molecule has 0 saturated carbocycles. The van der Waals surface area contributed by atoms with E-state index < -0.39 is 0 Å². The van der Waals surface area contributed by atoms with Gasteiger partial charge >= 0.3 is 0 Å². The Bertz CT molecular complexity index is 768. The lowest BCUT2D eigenvalue weighted by molar-refractivity contribution is 0.0639. The van der Waals surface area contributed by atoms with Gasteiger partial charge in [-0.15, -0.1) is 0 Å². The Morgan fingerprint density at radius 1 is 1.14 bits per heavy atom. The van der Waals surface area contributed by atoms with Gasteiger partial charge in [-0.2, -0.15) is 0 Å². The molecule has 2 aromatic carbocycles. The Hall–Kier alpha value is -2.40. The quantitative estimate of drug-likeness (QED) is 0.666. The van der Waals surface area contributed by atoms with Gasteiger partial charge in [0.25, 0.3) is 5.91 Å². The van der Waals surface area contributed by atoms with E-state index in [1.54, 1.807) is 12.1 Å². The standard InChI is InChI=1S/C23H29FN2O2/c1-25(2)22-5-3-4-20(16-22)23(27)26-13-10-18(11-14-26)12-15-28-17-19-6-8-21(24)9-7-19/h3-9,16,18H,10-15,17H2,1-2H3. The van der Waals surface area contributed by atoms with E-state index in [0.29, 0.717) is 19.1 Å². The molecule has 1 heterocycles. The Kier molecular flexibility index (Phi) is 7.04. The van der Waals surface area contributed by atoms with Gasteiger partial charge in [-0.3, -0.25) is 4.79 Å². The van der Waals surface area contributed by atoms with E-state index in [9.17, 15) is 9.18 Å². The number of anilines is 1. The molecule has 3 rings (SSSR count). The molecule has 5 heteroatoms. The third kappa shape index (κ3) is 5.55. The van der Waals surface area contributed by atoms with Crippen LogP contribution in [0, 0.1) is 11.7 Å². The molecule has 1 fully saturated rings. The fourth-order valence-electron chi connectivity index (χ4n) is 3.55. The first-order valence-electron chi connectivity index (χ1n) is 9.92. The topological polar surface area (TPSA) is 32.8 Å². The average molecular weight is 384 g/mol. The van der Waals surface area contributed by atoms with Gasteiger partial charge in [0, 0.05) is 45.0 Å². The number of ether oxygens (including phenoxy) is 1. The van der Waals surface area contributed by atoms with E-state index >= 15 is 0 Å². The Labute approximate surface area is 166 Å². The molecule has 1 aliphatic heterocycles. The first-order chi connectivity index (χ1) is 13.5. The molecule has 28 heavy (non-hydrogen) atoms. The van der Waals surface area contributed by atoms with Crippen LogP contribution in [0.1, 0.15) is 35.2 Å². The molecule has 4 nitrogen and oxygen atoms in total. The lowest BCUT2D eigenvalue weighted by Gasteiger charge is -2.32. The summed E-state index contributed by atoms with van der Waals surface area (Å²) < 4.78 is 18.6. The summed E-state index contributed by atoms with van der Waals surface area (Å²) in [6.07, 6.45) is 3.03. The molecule has 0 aromatic heterocycles. The Balaban J connectivity index is 1.40. The summed E-state index contributed by atoms with van der Waals surface area (Å²) in [4.78, 5) is 16.8. The molecule has 0 bridgehead atoms. The summed E-state index contributed by atoms with van der Waals surface area (Å²) in [6, 6.07) is 14.2. The van der Waals surface area contributed by atoms with Crippen LogP contribution in [0.4, 0.5) is 10.1 Å². The molecule has 0 spiro atoms. The second-order valence-electron chi connectivity index (χ2n) is 7.65. The molecular weight excluding hydrogens is 355 g/mol. The van der Waals surface area contributed by atoms with E-state index in [-0.39, 0.29) is 11.7 Å². The van der Waals surface area contributed by atoms with Crippen molar-refractivity contribution in [3.8, 4) is 0 Å². The predicted molar refractivity (Wildman–Crippen MR) is 110 cm³/mol. The van der Waals surface area contributed by atoms with Crippen molar-refractivity contribution >= 4 is 11.6 Å². The van der Waals surface area contributed by atoms with Crippen LogP contribution >= 0.6 is 0 Å². The van der Waals surface area contributed by atoms with Gasteiger partial charge < -0.3 is 14.5 Å². The zero-order valence-corrected chi connectivity index (χ0v) is 16.7. The third-order valence-electron chi connectivity index (χ3n) is 5.36. The molecule has 0 aliphatic carbocycles. The van der Waals surface area contributed by atoms with Crippen LogP contribution in [0.2, 0.25) is 0 Å². The summed E-state index contributed by atoms with van der Waals surface area (Å²) in [5.74, 6) is 0.485. The average Bonchev–Trinajstić information content (AvgIpc) is 2.72. The van der Waals surface area contributed by atoms with Crippen LogP contribution < -0.4 is 4.90 Å². The number of amides is 1. The minimum absolute atomic E-state index is 0.120. The number of hydrogen-bond acceptors (Lipinski definition) is 3. The lowest BCUT2D eigenvalue weighted by atomic mass is 9.93. The van der Waals surface area contributed by atoms with Crippen molar-refractivity contribution in [1.82, 2.24) is 4.90 Å². The molecular formula is C23H29FN2O2. The second kappa shape index (κ2) is 9.69. The van der Waals surface area contributed by atoms with Crippen molar-refractivity contribution in [3.05, 3.63) is 65.5 Å². The Morgan fingerprint density at radius 3 is 2.54 bits per heavy atom. The van der Waals surface area contributed by atoms with E-state index in [1.807, 2.05) is 48.2 Å². The number of carbonyl (C=O) groups excluding carboxylic acids is 1. The van der Waals surface area contributed by atoms with Gasteiger partial charge in [0.1, 0.15) is 5.82 Å². The predicted octanol–water partition coefficient (Wildman–Crippen LogP) is 4.35. The lowest BCUT2D eigenvalue weighted by Crippen LogP contribution is -2.38. The largest absolute Gasteiger partial charge is 0.378 e. The first-order valence-corrected chi connectivity index (χ1v) is 9.92. The molecule has 1 saturated heterocycles. The maximum absolute atomic E-state index is 12.9. The molecule has 1 amide bonds. The number of benzene rings is 2. The fourth-order valence-corrected chi connectivity index (χ4v) is 3.55. The maximum Gasteiger partial charge on any atom is 0.253 e. The highest BCUT2D eigenvalue weighted by Crippen LogP contribution is 2.23. The van der Waals surface area contributed by atoms with E-state index in [4.69, 9.17) is 4.74 Å². The first kappa shape index (κ1) is 20.3. The van der Waals surface area contributed by atoms with Gasteiger partial charge in [0.15, 0.2) is 0 Å². The van der Waals surface area contributed by atoms with E-state index in [1.165, 1.54) is 12.1 Å². The van der Waals surface area contributed by atoms with Gasteiger partial charge in [0.2, 0.25) is 0 Å². The SMILES string of the molecule is CN(C)c1cccc(C(=O)N2CCC(CCOCc3ccc(F)cc3)CC2)c1. The number of likely N-dealkylation sites (tertiary alicyclic amines) is 1. The maximum atomic E-state index is 12.9. The number of nitrogens with zero attached hydrogens (tertiary/aromatic N) is 2. The van der Waals surface area contributed by atoms with E-state index in [0.717, 1.165) is 49.2 Å². The number of hydrogen-bond donors (Lipinski definition) is 0. The van der Waals surface area contributed by atoms with Crippen LogP contribution in [0.25, 0.3) is 0 Å². The minimum atomic E-state index is -0.224. The van der Waals surface area contributed by atoms with E-state index in [2.05, 4.69) is 0 Å². The van der Waals surface area contributed by atoms with Gasteiger partial charge in [-0.1, -0.05) is 18.2 Å². The van der Waals surface area contributed by atoms with Crippen molar-refractivity contribution < 1.29 is 13.9 Å². The highest BCUT2D eigenvalue weighted by atomic mass is 19.1. The number of piperidine rings is 1. The normalized spacial score (nSPS) is 14.9. The molecule has 1 aliphatic rings. The van der Waals surface area contributed by atoms with Gasteiger partial charge in [-0.05, 0) is 61.1 Å². The smallest absolute Gasteiger partial charge is 0.253 e. The zero-order chi connectivity index (χ0) is 19.9. The summed E-state index contributed by atoms with van der Waals surface area (Å²) in [6.45, 7) is 2.81. The van der Waals surface area contributed by atoms with Crippen LogP contribution in [0.3, 0.4) is 0 Å². The minimum Gasteiger partial charge on any atom is -0.378 e. The molecule has 150 valence electrons. The molecule has 0 N–H and O–H groups in total. The van der Waals surface area contributed by atoms with Crippen molar-refractivity contribution in [2.75, 3.05) is 38.7 Å². The summed E-state index contributed by atoms with van der Waals surface area (Å²) >= 11 is 0. The van der Waals surface area contributed by atoms with Crippen LogP contribution in [0.5, 0.6) is 0 Å². The van der Waals surface area contributed by atoms with Crippen LogP contribution in [0.15, 0.2) is 48.5 Å². The summed E-state index contributed by atoms with van der Waals surface area (Å²) in [5.41, 5.74) is 2.79.